The van der Waals surface area contributed by atoms with E-state index < -0.39 is 0 Å². The molecule has 0 aliphatic heterocycles. The largest absolute Gasteiger partial charge is 0.287 e. The van der Waals surface area contributed by atoms with E-state index in [1.807, 2.05) is 4.57 Å². The molecule has 2 heterocycles. The number of nitrogens with zero attached hydrogens (tertiary/aromatic N) is 4. The second-order valence-corrected chi connectivity index (χ2v) is 9.83. The van der Waals surface area contributed by atoms with E-state index in [1.54, 1.807) is 11.3 Å². The van der Waals surface area contributed by atoms with E-state index in [9.17, 15) is 10.1 Å². The summed E-state index contributed by atoms with van der Waals surface area (Å²) in [5.74, 6) is 0.856. The fourth-order valence-electron chi connectivity index (χ4n) is 3.51. The van der Waals surface area contributed by atoms with Crippen LogP contribution in [-0.4, -0.2) is 15.3 Å². The zero-order valence-electron chi connectivity index (χ0n) is 16.5. The lowest BCUT2D eigenvalue weighted by Crippen LogP contribution is -2.25. The highest BCUT2D eigenvalue weighted by atomic mass is 32.2. The molecule has 0 saturated carbocycles. The summed E-state index contributed by atoms with van der Waals surface area (Å²) in [6.45, 7) is 4.97. The molecule has 0 aromatic carbocycles. The molecule has 0 N–H and O–H groups in total. The van der Waals surface area contributed by atoms with Crippen molar-refractivity contribution < 1.29 is 0 Å². The highest BCUT2D eigenvalue weighted by Gasteiger charge is 2.22. The fraction of sp³-hybridized carbons (Fsp3) is 0.619. The lowest BCUT2D eigenvalue weighted by molar-refractivity contribution is 0.480. The molecule has 0 radical (unpaired) electrons. The second-order valence-electron chi connectivity index (χ2n) is 7.76. The summed E-state index contributed by atoms with van der Waals surface area (Å²) in [6, 6.07) is 4.39. The maximum absolute atomic E-state index is 13.4. The Bertz CT molecular complexity index is 977. The van der Waals surface area contributed by atoms with Gasteiger partial charge in [-0.3, -0.25) is 9.36 Å². The first-order chi connectivity index (χ1) is 13.5. The maximum Gasteiger partial charge on any atom is 0.263 e. The zero-order chi connectivity index (χ0) is 20.1. The van der Waals surface area contributed by atoms with E-state index in [0.717, 1.165) is 35.9 Å². The first-order valence-corrected chi connectivity index (χ1v) is 11.8. The Balaban J connectivity index is 1.97. The molecule has 2 aromatic rings. The third-order valence-electron chi connectivity index (χ3n) is 5.17. The van der Waals surface area contributed by atoms with Gasteiger partial charge in [-0.25, -0.2) is 4.98 Å². The predicted octanol–water partition coefficient (Wildman–Crippen LogP) is 4.92. The molecule has 0 bridgehead atoms. The van der Waals surface area contributed by atoms with Gasteiger partial charge >= 0.3 is 0 Å². The minimum atomic E-state index is -0.202. The molecule has 3 rings (SSSR count). The summed E-state index contributed by atoms with van der Waals surface area (Å²) in [4.78, 5) is 20.4. The standard InChI is InChI=1S/C21H26N4OS2/c1-14(2)9-11-25-20(26)18-16-7-3-4-8-17(16)28-19(18)24-21(25)27-13-15(12-23)6-5-10-22/h14-15H,3-9,11,13H2,1-2H3/t15-/m1/s1. The number of hydrogen-bond donors (Lipinski definition) is 0. The molecule has 0 amide bonds. The highest BCUT2D eigenvalue weighted by Crippen LogP contribution is 2.35. The van der Waals surface area contributed by atoms with Gasteiger partial charge in [0, 0.05) is 23.6 Å². The lowest BCUT2D eigenvalue weighted by atomic mass is 9.97. The van der Waals surface area contributed by atoms with Crippen LogP contribution in [0.3, 0.4) is 0 Å². The van der Waals surface area contributed by atoms with Crippen molar-refractivity contribution in [2.24, 2.45) is 11.8 Å². The molecule has 5 nitrogen and oxygen atoms in total. The van der Waals surface area contributed by atoms with Crippen molar-refractivity contribution in [1.29, 1.82) is 10.5 Å². The normalized spacial score (nSPS) is 14.6. The van der Waals surface area contributed by atoms with Gasteiger partial charge in [0.05, 0.1) is 23.4 Å². The van der Waals surface area contributed by atoms with Crippen molar-refractivity contribution in [2.75, 3.05) is 5.75 Å². The third-order valence-corrected chi connectivity index (χ3v) is 7.50. The highest BCUT2D eigenvalue weighted by molar-refractivity contribution is 7.99. The minimum Gasteiger partial charge on any atom is -0.287 e. The Hall–Kier alpha value is -1.83. The van der Waals surface area contributed by atoms with E-state index in [2.05, 4.69) is 26.0 Å². The number of hydrogen-bond acceptors (Lipinski definition) is 6. The number of aryl methyl sites for hydroxylation is 2. The lowest BCUT2D eigenvalue weighted by Gasteiger charge is -2.15. The molecule has 148 valence electrons. The molecule has 2 aromatic heterocycles. The van der Waals surface area contributed by atoms with Gasteiger partial charge < -0.3 is 0 Å². The van der Waals surface area contributed by atoms with Crippen molar-refractivity contribution in [3.05, 3.63) is 20.8 Å². The average Bonchev–Trinajstić information content (AvgIpc) is 3.06. The Kier molecular flexibility index (Phi) is 7.15. The summed E-state index contributed by atoms with van der Waals surface area (Å²) in [6.07, 6.45) is 6.22. The number of thiophene rings is 1. The number of thioether (sulfide) groups is 1. The van der Waals surface area contributed by atoms with E-state index in [4.69, 9.17) is 10.2 Å². The van der Waals surface area contributed by atoms with E-state index in [1.165, 1.54) is 28.6 Å². The van der Waals surface area contributed by atoms with Crippen LogP contribution in [0.1, 0.15) is 56.4 Å². The van der Waals surface area contributed by atoms with Crippen molar-refractivity contribution in [3.8, 4) is 12.1 Å². The molecule has 1 aliphatic carbocycles. The topological polar surface area (TPSA) is 82.5 Å². The molecule has 1 aliphatic rings. The molecule has 0 saturated heterocycles. The Morgan fingerprint density at radius 2 is 2.04 bits per heavy atom. The minimum absolute atomic E-state index is 0.0816. The van der Waals surface area contributed by atoms with Gasteiger partial charge in [-0.2, -0.15) is 10.5 Å². The van der Waals surface area contributed by atoms with Gasteiger partial charge in [0.1, 0.15) is 4.83 Å². The van der Waals surface area contributed by atoms with Crippen LogP contribution >= 0.6 is 23.1 Å². The predicted molar refractivity (Wildman–Crippen MR) is 115 cm³/mol. The third kappa shape index (κ3) is 4.59. The molecular formula is C21H26N4OS2. The van der Waals surface area contributed by atoms with Crippen molar-refractivity contribution in [2.45, 2.75) is 70.5 Å². The number of fused-ring (bicyclic) bond motifs is 3. The molecular weight excluding hydrogens is 388 g/mol. The number of nitriles is 2. The van der Waals surface area contributed by atoms with Crippen LogP contribution in [0.4, 0.5) is 0 Å². The molecule has 7 heteroatoms. The Morgan fingerprint density at radius 1 is 1.25 bits per heavy atom. The summed E-state index contributed by atoms with van der Waals surface area (Å²) in [5.41, 5.74) is 1.31. The Morgan fingerprint density at radius 3 is 2.75 bits per heavy atom. The van der Waals surface area contributed by atoms with Crippen molar-refractivity contribution >= 4 is 33.3 Å². The quantitative estimate of drug-likeness (QED) is 0.452. The SMILES string of the molecule is CC(C)CCn1c(SC[C@@H](C#N)CCC#N)nc2sc3c(c2c1=O)CCCC3. The smallest absolute Gasteiger partial charge is 0.263 e. The average molecular weight is 415 g/mol. The van der Waals surface area contributed by atoms with Crippen LogP contribution in [0.15, 0.2) is 9.95 Å². The van der Waals surface area contributed by atoms with E-state index in [0.29, 0.717) is 36.2 Å². The van der Waals surface area contributed by atoms with Crippen molar-refractivity contribution in [3.63, 3.8) is 0 Å². The van der Waals surface area contributed by atoms with Crippen LogP contribution in [0.25, 0.3) is 10.2 Å². The van der Waals surface area contributed by atoms with Gasteiger partial charge in [-0.15, -0.1) is 11.3 Å². The Labute approximate surface area is 174 Å². The van der Waals surface area contributed by atoms with E-state index in [-0.39, 0.29) is 11.5 Å². The van der Waals surface area contributed by atoms with Gasteiger partial charge in [0.2, 0.25) is 0 Å². The zero-order valence-corrected chi connectivity index (χ0v) is 18.2. The van der Waals surface area contributed by atoms with Gasteiger partial charge in [0.25, 0.3) is 5.56 Å². The van der Waals surface area contributed by atoms with Crippen LogP contribution in [0, 0.1) is 34.5 Å². The van der Waals surface area contributed by atoms with Crippen LogP contribution in [-0.2, 0) is 19.4 Å². The van der Waals surface area contributed by atoms with E-state index >= 15 is 0 Å². The van der Waals surface area contributed by atoms with Gasteiger partial charge in [-0.1, -0.05) is 25.6 Å². The number of aromatic nitrogens is 2. The fourth-order valence-corrected chi connectivity index (χ4v) is 5.90. The van der Waals surface area contributed by atoms with Crippen LogP contribution in [0.2, 0.25) is 0 Å². The maximum atomic E-state index is 13.4. The molecule has 0 fully saturated rings. The monoisotopic (exact) mass is 414 g/mol. The second kappa shape index (κ2) is 9.58. The first-order valence-electron chi connectivity index (χ1n) is 9.99. The van der Waals surface area contributed by atoms with Gasteiger partial charge in [0.15, 0.2) is 5.16 Å². The van der Waals surface area contributed by atoms with Crippen molar-refractivity contribution in [1.82, 2.24) is 9.55 Å². The molecule has 1 atom stereocenters. The van der Waals surface area contributed by atoms with Gasteiger partial charge in [-0.05, 0) is 50.0 Å². The molecule has 28 heavy (non-hydrogen) atoms. The molecule has 0 spiro atoms. The molecule has 0 unspecified atom stereocenters. The number of rotatable bonds is 8. The first kappa shape index (κ1) is 20.9. The summed E-state index contributed by atoms with van der Waals surface area (Å²) in [7, 11) is 0. The van der Waals surface area contributed by atoms with Crippen LogP contribution in [0.5, 0.6) is 0 Å². The summed E-state index contributed by atoms with van der Waals surface area (Å²) >= 11 is 3.15. The summed E-state index contributed by atoms with van der Waals surface area (Å²) < 4.78 is 1.83. The summed E-state index contributed by atoms with van der Waals surface area (Å²) in [5, 5.41) is 19.7. The van der Waals surface area contributed by atoms with Crippen LogP contribution < -0.4 is 5.56 Å².